The molecule has 1 aromatic rings. The topological polar surface area (TPSA) is 62.2 Å². The average molecular weight is 283 g/mol. The third-order valence-electron chi connectivity index (χ3n) is 4.88. The zero-order chi connectivity index (χ0) is 14.4. The van der Waals surface area contributed by atoms with Gasteiger partial charge in [0.25, 0.3) is 0 Å². The zero-order valence-electron chi connectivity index (χ0n) is 11.6. The lowest BCUT2D eigenvalue weighted by molar-refractivity contribution is 0.0697. The van der Waals surface area contributed by atoms with Crippen molar-refractivity contribution >= 4 is 23.4 Å². The maximum Gasteiger partial charge on any atom is 0.339 e. The molecular weight excluding hydrogens is 264 g/mol. The number of halogens is 1. The lowest BCUT2D eigenvalue weighted by Crippen LogP contribution is -2.13. The summed E-state index contributed by atoms with van der Waals surface area (Å²) in [7, 11) is 0. The summed E-state index contributed by atoms with van der Waals surface area (Å²) in [6.45, 7) is 9.60. The molecule has 1 aliphatic rings. The predicted molar refractivity (Wildman–Crippen MR) is 75.7 cm³/mol. The summed E-state index contributed by atoms with van der Waals surface area (Å²) in [6.07, 6.45) is 0. The number of nitrogens with zero attached hydrogens (tertiary/aromatic N) is 1. The second-order valence-corrected chi connectivity index (χ2v) is 6.60. The van der Waals surface area contributed by atoms with Gasteiger partial charge in [-0.25, -0.2) is 9.78 Å². The molecule has 1 aromatic heterocycles. The van der Waals surface area contributed by atoms with E-state index in [1.165, 1.54) is 12.1 Å². The largest absolute Gasteiger partial charge is 0.478 e. The van der Waals surface area contributed by atoms with Crippen LogP contribution >= 0.6 is 11.6 Å². The van der Waals surface area contributed by atoms with Crippen molar-refractivity contribution in [3.63, 3.8) is 0 Å². The quantitative estimate of drug-likeness (QED) is 0.830. The average Bonchev–Trinajstić information content (AvgIpc) is 2.66. The molecule has 1 heterocycles. The molecule has 1 saturated carbocycles. The highest BCUT2D eigenvalue weighted by atomic mass is 35.5. The molecule has 1 aliphatic carbocycles. The normalized spacial score (nSPS) is 20.1. The number of rotatable bonds is 4. The van der Waals surface area contributed by atoms with Gasteiger partial charge in [-0.1, -0.05) is 39.3 Å². The zero-order valence-corrected chi connectivity index (χ0v) is 12.4. The molecule has 0 amide bonds. The standard InChI is InChI=1S/C14H19ClN2O2/c1-13(2)9(14(13,3)4)7-16-11-8(12(18)19)5-6-10(15)17-11/h5-6,9H,7H2,1-4H3,(H,16,17)(H,18,19). The van der Waals surface area contributed by atoms with Gasteiger partial charge in [-0.2, -0.15) is 0 Å². The fraction of sp³-hybridized carbons (Fsp3) is 0.571. The molecule has 2 N–H and O–H groups in total. The van der Waals surface area contributed by atoms with Gasteiger partial charge in [-0.05, 0) is 28.9 Å². The van der Waals surface area contributed by atoms with Crippen LogP contribution in [0.1, 0.15) is 38.1 Å². The number of aromatic carboxylic acids is 1. The van der Waals surface area contributed by atoms with Crippen molar-refractivity contribution in [3.05, 3.63) is 22.8 Å². The fourth-order valence-electron chi connectivity index (χ4n) is 2.78. The number of nitrogens with one attached hydrogen (secondary N) is 1. The third kappa shape index (κ3) is 2.29. The van der Waals surface area contributed by atoms with Crippen molar-refractivity contribution in [2.24, 2.45) is 16.7 Å². The molecular formula is C14H19ClN2O2. The molecule has 0 aliphatic heterocycles. The Bertz CT molecular complexity index is 512. The number of carboxylic acids is 1. The molecule has 19 heavy (non-hydrogen) atoms. The first-order valence-electron chi connectivity index (χ1n) is 6.31. The van der Waals surface area contributed by atoms with E-state index in [-0.39, 0.29) is 16.4 Å². The van der Waals surface area contributed by atoms with Crippen LogP contribution in [0, 0.1) is 16.7 Å². The predicted octanol–water partition coefficient (Wildman–Crippen LogP) is 3.53. The minimum Gasteiger partial charge on any atom is -0.478 e. The monoisotopic (exact) mass is 282 g/mol. The Morgan fingerprint density at radius 2 is 1.95 bits per heavy atom. The molecule has 0 unspecified atom stereocenters. The van der Waals surface area contributed by atoms with E-state index in [4.69, 9.17) is 16.7 Å². The first-order valence-corrected chi connectivity index (χ1v) is 6.69. The van der Waals surface area contributed by atoms with Crippen molar-refractivity contribution in [1.29, 1.82) is 0 Å². The van der Waals surface area contributed by atoms with E-state index in [2.05, 4.69) is 38.0 Å². The Hall–Kier alpha value is -1.29. The highest BCUT2D eigenvalue weighted by Crippen LogP contribution is 2.68. The Balaban J connectivity index is 2.13. The molecule has 2 rings (SSSR count). The summed E-state index contributed by atoms with van der Waals surface area (Å²) < 4.78 is 0. The highest BCUT2D eigenvalue weighted by molar-refractivity contribution is 6.29. The molecule has 0 radical (unpaired) electrons. The van der Waals surface area contributed by atoms with Crippen LogP contribution in [0.25, 0.3) is 0 Å². The van der Waals surface area contributed by atoms with E-state index in [0.717, 1.165) is 0 Å². The maximum atomic E-state index is 11.1. The maximum absolute atomic E-state index is 11.1. The van der Waals surface area contributed by atoms with E-state index in [1.54, 1.807) is 0 Å². The first kappa shape index (κ1) is 14.1. The third-order valence-corrected chi connectivity index (χ3v) is 5.10. The van der Waals surface area contributed by atoms with Gasteiger partial charge in [0, 0.05) is 6.54 Å². The van der Waals surface area contributed by atoms with Crippen LogP contribution in [-0.4, -0.2) is 22.6 Å². The van der Waals surface area contributed by atoms with E-state index in [1.807, 2.05) is 0 Å². The highest BCUT2D eigenvalue weighted by Gasteiger charge is 2.64. The van der Waals surface area contributed by atoms with Crippen LogP contribution < -0.4 is 5.32 Å². The Morgan fingerprint density at radius 1 is 1.37 bits per heavy atom. The molecule has 1 fully saturated rings. The number of pyridine rings is 1. The summed E-state index contributed by atoms with van der Waals surface area (Å²) in [4.78, 5) is 15.2. The minimum absolute atomic E-state index is 0.153. The van der Waals surface area contributed by atoms with E-state index < -0.39 is 5.97 Å². The molecule has 5 heteroatoms. The van der Waals surface area contributed by atoms with Gasteiger partial charge in [-0.3, -0.25) is 0 Å². The van der Waals surface area contributed by atoms with Gasteiger partial charge in [0.05, 0.1) is 0 Å². The van der Waals surface area contributed by atoms with Gasteiger partial charge in [0.15, 0.2) is 0 Å². The van der Waals surface area contributed by atoms with Gasteiger partial charge in [0.2, 0.25) is 0 Å². The van der Waals surface area contributed by atoms with E-state index >= 15 is 0 Å². The summed E-state index contributed by atoms with van der Waals surface area (Å²) in [5.74, 6) is -0.165. The van der Waals surface area contributed by atoms with Gasteiger partial charge in [-0.15, -0.1) is 0 Å². The molecule has 104 valence electrons. The molecule has 4 nitrogen and oxygen atoms in total. The Labute approximate surface area is 118 Å². The van der Waals surface area contributed by atoms with Crippen molar-refractivity contribution in [1.82, 2.24) is 4.98 Å². The van der Waals surface area contributed by atoms with Crippen LogP contribution in [0.2, 0.25) is 5.15 Å². The smallest absolute Gasteiger partial charge is 0.339 e. The van der Waals surface area contributed by atoms with Crippen molar-refractivity contribution < 1.29 is 9.90 Å². The van der Waals surface area contributed by atoms with E-state index in [9.17, 15) is 4.79 Å². The number of carbonyl (C=O) groups is 1. The van der Waals surface area contributed by atoms with E-state index in [0.29, 0.717) is 23.4 Å². The number of hydrogen-bond donors (Lipinski definition) is 2. The molecule has 0 aromatic carbocycles. The van der Waals surface area contributed by atoms with Crippen molar-refractivity contribution in [2.45, 2.75) is 27.7 Å². The van der Waals surface area contributed by atoms with Crippen molar-refractivity contribution in [3.8, 4) is 0 Å². The minimum atomic E-state index is -0.999. The molecule has 0 atom stereocenters. The summed E-state index contributed by atoms with van der Waals surface area (Å²) in [5.41, 5.74) is 0.657. The number of anilines is 1. The lowest BCUT2D eigenvalue weighted by Gasteiger charge is -2.09. The first-order chi connectivity index (χ1) is 8.68. The summed E-state index contributed by atoms with van der Waals surface area (Å²) in [6, 6.07) is 2.96. The van der Waals surface area contributed by atoms with Crippen LogP contribution in [0.3, 0.4) is 0 Å². The van der Waals surface area contributed by atoms with Crippen LogP contribution in [-0.2, 0) is 0 Å². The molecule has 0 spiro atoms. The Morgan fingerprint density at radius 3 is 2.42 bits per heavy atom. The van der Waals surface area contributed by atoms with Gasteiger partial charge >= 0.3 is 5.97 Å². The summed E-state index contributed by atoms with van der Waals surface area (Å²) in [5, 5.41) is 12.5. The lowest BCUT2D eigenvalue weighted by atomic mass is 10.0. The second kappa shape index (κ2) is 4.37. The van der Waals surface area contributed by atoms with Crippen molar-refractivity contribution in [2.75, 3.05) is 11.9 Å². The fourth-order valence-corrected chi connectivity index (χ4v) is 2.93. The van der Waals surface area contributed by atoms with Gasteiger partial charge < -0.3 is 10.4 Å². The summed E-state index contributed by atoms with van der Waals surface area (Å²) >= 11 is 5.82. The van der Waals surface area contributed by atoms with Crippen LogP contribution in [0.4, 0.5) is 5.82 Å². The number of aromatic nitrogens is 1. The SMILES string of the molecule is CC1(C)C(CNc2nc(Cl)ccc2C(=O)O)C1(C)C. The number of hydrogen-bond acceptors (Lipinski definition) is 3. The van der Waals surface area contributed by atoms with Crippen LogP contribution in [0.5, 0.6) is 0 Å². The number of carboxylic acid groups (broad SMARTS) is 1. The van der Waals surface area contributed by atoms with Gasteiger partial charge in [0.1, 0.15) is 16.5 Å². The second-order valence-electron chi connectivity index (χ2n) is 6.21. The van der Waals surface area contributed by atoms with Crippen LogP contribution in [0.15, 0.2) is 12.1 Å². The Kier molecular flexibility index (Phi) is 3.25. The molecule has 0 saturated heterocycles. The molecule has 0 bridgehead atoms.